The molecule has 0 saturated carbocycles. The van der Waals surface area contributed by atoms with Gasteiger partial charge in [-0.25, -0.2) is 9.98 Å². The molecule has 1 aliphatic heterocycles. The summed E-state index contributed by atoms with van der Waals surface area (Å²) in [6.45, 7) is 6.71. The van der Waals surface area contributed by atoms with Gasteiger partial charge in [-0.1, -0.05) is 0 Å². The fourth-order valence-corrected chi connectivity index (χ4v) is 2.37. The second-order valence-electron chi connectivity index (χ2n) is 5.63. The molecule has 0 amide bonds. The number of guanidine groups is 2. The van der Waals surface area contributed by atoms with Crippen molar-refractivity contribution in [2.24, 2.45) is 15.0 Å². The highest BCUT2D eigenvalue weighted by atomic mass is 16.5. The minimum atomic E-state index is 0.280. The molecule has 9 nitrogen and oxygen atoms in total. The summed E-state index contributed by atoms with van der Waals surface area (Å²) in [5.41, 5.74) is 2.74. The highest BCUT2D eigenvalue weighted by Gasteiger charge is 2.07. The maximum Gasteiger partial charge on any atom is 0.229 e. The summed E-state index contributed by atoms with van der Waals surface area (Å²) in [6, 6.07) is 9.48. The van der Waals surface area contributed by atoms with Gasteiger partial charge in [-0.15, -0.1) is 0 Å². The molecule has 0 aliphatic carbocycles. The number of hydrogen-bond acceptors (Lipinski definition) is 5. The van der Waals surface area contributed by atoms with Crippen molar-refractivity contribution < 1.29 is 9.15 Å². The molecule has 28 heavy (non-hydrogen) atoms. The van der Waals surface area contributed by atoms with E-state index in [0.717, 1.165) is 22.8 Å². The quantitative estimate of drug-likeness (QED) is 0.265. The SMILES string of the molecule is C=N/C(=N\C(=NCc1ccco1)NCOCC)Nc1ccc2c(c1)NC=CN2. The second-order valence-corrected chi connectivity index (χ2v) is 5.63. The Morgan fingerprint density at radius 3 is 2.79 bits per heavy atom. The number of benzene rings is 1. The van der Waals surface area contributed by atoms with Gasteiger partial charge in [-0.05, 0) is 44.0 Å². The summed E-state index contributed by atoms with van der Waals surface area (Å²) in [6.07, 6.45) is 5.26. The number of fused-ring (bicyclic) bond motifs is 1. The summed E-state index contributed by atoms with van der Waals surface area (Å²) in [5.74, 6) is 1.40. The predicted octanol–water partition coefficient (Wildman–Crippen LogP) is 3.20. The van der Waals surface area contributed by atoms with Gasteiger partial charge in [-0.3, -0.25) is 0 Å². The smallest absolute Gasteiger partial charge is 0.229 e. The number of nitrogens with zero attached hydrogens (tertiary/aromatic N) is 3. The molecule has 2 heterocycles. The van der Waals surface area contributed by atoms with Crippen molar-refractivity contribution in [3.05, 3.63) is 54.8 Å². The lowest BCUT2D eigenvalue weighted by Gasteiger charge is -2.16. The second kappa shape index (κ2) is 9.93. The normalized spacial score (nSPS) is 13.3. The van der Waals surface area contributed by atoms with Crippen LogP contribution in [0.2, 0.25) is 0 Å². The largest absolute Gasteiger partial charge is 0.467 e. The summed E-state index contributed by atoms with van der Waals surface area (Å²) >= 11 is 0. The summed E-state index contributed by atoms with van der Waals surface area (Å²) in [7, 11) is 0. The first kappa shape index (κ1) is 19.2. The molecule has 4 N–H and O–H groups in total. The monoisotopic (exact) mass is 381 g/mol. The Labute approximate surface area is 163 Å². The van der Waals surface area contributed by atoms with Gasteiger partial charge in [0.25, 0.3) is 0 Å². The van der Waals surface area contributed by atoms with Crippen LogP contribution < -0.4 is 21.3 Å². The van der Waals surface area contributed by atoms with Crippen molar-refractivity contribution >= 4 is 35.7 Å². The molecule has 1 aromatic carbocycles. The molecular formula is C19H23N7O2. The number of aliphatic imine (C=N–C) groups is 3. The molecule has 1 aromatic heterocycles. The van der Waals surface area contributed by atoms with Gasteiger partial charge in [0, 0.05) is 24.7 Å². The molecule has 0 bridgehead atoms. The molecule has 3 rings (SSSR count). The van der Waals surface area contributed by atoms with Crippen LogP contribution in [0.15, 0.2) is 68.4 Å². The van der Waals surface area contributed by atoms with Crippen LogP contribution in [-0.2, 0) is 11.3 Å². The fraction of sp³-hybridized carbons (Fsp3) is 0.211. The zero-order valence-corrected chi connectivity index (χ0v) is 15.6. The van der Waals surface area contributed by atoms with Gasteiger partial charge >= 0.3 is 0 Å². The molecule has 9 heteroatoms. The Morgan fingerprint density at radius 1 is 1.18 bits per heavy atom. The van der Waals surface area contributed by atoms with E-state index < -0.39 is 0 Å². The fourth-order valence-electron chi connectivity index (χ4n) is 2.37. The van der Waals surface area contributed by atoms with Gasteiger partial charge in [0.05, 0.1) is 17.6 Å². The van der Waals surface area contributed by atoms with Crippen molar-refractivity contribution in [1.82, 2.24) is 5.32 Å². The van der Waals surface area contributed by atoms with E-state index in [0.29, 0.717) is 25.1 Å². The van der Waals surface area contributed by atoms with Crippen LogP contribution in [0.1, 0.15) is 12.7 Å². The first-order valence-corrected chi connectivity index (χ1v) is 8.81. The van der Waals surface area contributed by atoms with Crippen molar-refractivity contribution in [2.45, 2.75) is 13.5 Å². The summed E-state index contributed by atoms with van der Waals surface area (Å²) < 4.78 is 10.6. The minimum absolute atomic E-state index is 0.280. The molecular weight excluding hydrogens is 358 g/mol. The number of furan rings is 1. The van der Waals surface area contributed by atoms with Crippen molar-refractivity contribution in [2.75, 3.05) is 29.3 Å². The van der Waals surface area contributed by atoms with Crippen LogP contribution >= 0.6 is 0 Å². The van der Waals surface area contributed by atoms with E-state index in [1.54, 1.807) is 6.26 Å². The Hall–Kier alpha value is -3.59. The van der Waals surface area contributed by atoms with Crippen LogP contribution in [0.4, 0.5) is 17.1 Å². The van der Waals surface area contributed by atoms with Crippen molar-refractivity contribution in [1.29, 1.82) is 0 Å². The van der Waals surface area contributed by atoms with Crippen LogP contribution in [0.25, 0.3) is 0 Å². The Balaban J connectivity index is 1.74. The number of anilines is 3. The topological polar surface area (TPSA) is 108 Å². The van der Waals surface area contributed by atoms with Gasteiger partial charge in [-0.2, -0.15) is 4.99 Å². The molecule has 0 spiro atoms. The average molecular weight is 381 g/mol. The van der Waals surface area contributed by atoms with E-state index in [1.807, 2.05) is 49.7 Å². The van der Waals surface area contributed by atoms with E-state index in [4.69, 9.17) is 9.15 Å². The maximum atomic E-state index is 5.32. The summed E-state index contributed by atoms with van der Waals surface area (Å²) in [4.78, 5) is 12.8. The van der Waals surface area contributed by atoms with E-state index >= 15 is 0 Å². The third kappa shape index (κ3) is 5.45. The van der Waals surface area contributed by atoms with Crippen molar-refractivity contribution in [3.8, 4) is 0 Å². The number of nitrogens with one attached hydrogen (secondary N) is 4. The molecule has 0 atom stereocenters. The lowest BCUT2D eigenvalue weighted by molar-refractivity contribution is 0.142. The molecule has 1 aliphatic rings. The molecule has 2 aromatic rings. The average Bonchev–Trinajstić information content (AvgIpc) is 3.25. The van der Waals surface area contributed by atoms with Crippen LogP contribution in [-0.4, -0.2) is 32.0 Å². The van der Waals surface area contributed by atoms with Crippen molar-refractivity contribution in [3.63, 3.8) is 0 Å². The summed E-state index contributed by atoms with van der Waals surface area (Å²) in [5, 5.41) is 12.5. The van der Waals surface area contributed by atoms with Crippen LogP contribution in [0.3, 0.4) is 0 Å². The standard InChI is InChI=1S/C19H23N7O2/c1-3-27-13-24-19(23-12-15-5-4-10-28-15)26-18(20-2)25-14-6-7-16-17(11-14)22-9-8-21-16/h4-11,21-22H,2-3,12-13H2,1H3,(H2,23,24,25,26). The van der Waals surface area contributed by atoms with Gasteiger partial charge in [0.1, 0.15) is 19.0 Å². The highest BCUT2D eigenvalue weighted by molar-refractivity contribution is 6.04. The number of ether oxygens (including phenoxy) is 1. The molecule has 0 radical (unpaired) electrons. The first-order chi connectivity index (χ1) is 13.8. The molecule has 0 fully saturated rings. The zero-order chi connectivity index (χ0) is 19.6. The van der Waals surface area contributed by atoms with E-state index in [2.05, 4.69) is 43.0 Å². The van der Waals surface area contributed by atoms with Crippen LogP contribution in [0.5, 0.6) is 0 Å². The highest BCUT2D eigenvalue weighted by Crippen LogP contribution is 2.27. The van der Waals surface area contributed by atoms with E-state index in [1.165, 1.54) is 0 Å². The Bertz CT molecular complexity index is 872. The third-order valence-electron chi connectivity index (χ3n) is 3.70. The zero-order valence-electron chi connectivity index (χ0n) is 15.6. The lowest BCUT2D eigenvalue weighted by atomic mass is 10.2. The number of rotatable bonds is 6. The lowest BCUT2D eigenvalue weighted by Crippen LogP contribution is -2.27. The van der Waals surface area contributed by atoms with Gasteiger partial charge in [0.2, 0.25) is 11.9 Å². The molecule has 146 valence electrons. The Morgan fingerprint density at radius 2 is 2.04 bits per heavy atom. The first-order valence-electron chi connectivity index (χ1n) is 8.81. The van der Waals surface area contributed by atoms with Gasteiger partial charge < -0.3 is 30.4 Å². The van der Waals surface area contributed by atoms with Crippen LogP contribution in [0, 0.1) is 0 Å². The molecule has 0 saturated heterocycles. The Kier molecular flexibility index (Phi) is 6.80. The van der Waals surface area contributed by atoms with Gasteiger partial charge in [0.15, 0.2) is 0 Å². The van der Waals surface area contributed by atoms with E-state index in [9.17, 15) is 0 Å². The number of hydrogen-bond donors (Lipinski definition) is 4. The van der Waals surface area contributed by atoms with E-state index in [-0.39, 0.29) is 6.73 Å². The predicted molar refractivity (Wildman–Crippen MR) is 113 cm³/mol. The maximum absolute atomic E-state index is 5.32. The molecule has 0 unspecified atom stereocenters. The minimum Gasteiger partial charge on any atom is -0.467 e. The third-order valence-corrected chi connectivity index (χ3v) is 3.70.